The van der Waals surface area contributed by atoms with Gasteiger partial charge in [-0.3, -0.25) is 9.69 Å². The molecular weight excluding hydrogens is 192 g/mol. The SMILES string of the molecule is CN(CCC#N)C(=O)CN1CC[C@@H](N)C1. The third-order valence-electron chi connectivity index (χ3n) is 2.65. The Labute approximate surface area is 90.4 Å². The predicted octanol–water partition coefficient (Wildman–Crippen LogP) is -0.609. The first kappa shape index (κ1) is 12.0. The van der Waals surface area contributed by atoms with Gasteiger partial charge in [-0.1, -0.05) is 0 Å². The Balaban J connectivity index is 2.26. The molecule has 1 fully saturated rings. The molecule has 0 saturated carbocycles. The van der Waals surface area contributed by atoms with Crippen molar-refractivity contribution in [2.24, 2.45) is 5.73 Å². The zero-order valence-corrected chi connectivity index (χ0v) is 9.15. The zero-order valence-electron chi connectivity index (χ0n) is 9.15. The predicted molar refractivity (Wildman–Crippen MR) is 56.9 cm³/mol. The van der Waals surface area contributed by atoms with E-state index in [-0.39, 0.29) is 11.9 Å². The summed E-state index contributed by atoms with van der Waals surface area (Å²) in [6.45, 7) is 2.64. The minimum Gasteiger partial charge on any atom is -0.344 e. The molecule has 1 saturated heterocycles. The van der Waals surface area contributed by atoms with Crippen LogP contribution in [0.25, 0.3) is 0 Å². The Hall–Kier alpha value is -1.12. The number of nitrogens with zero attached hydrogens (tertiary/aromatic N) is 3. The van der Waals surface area contributed by atoms with Gasteiger partial charge in [-0.25, -0.2) is 0 Å². The Kier molecular flexibility index (Phi) is 4.53. The number of likely N-dealkylation sites (tertiary alicyclic amines) is 1. The normalized spacial score (nSPS) is 21.3. The van der Waals surface area contributed by atoms with Crippen LogP contribution in [0.1, 0.15) is 12.8 Å². The van der Waals surface area contributed by atoms with Gasteiger partial charge in [-0.05, 0) is 6.42 Å². The van der Waals surface area contributed by atoms with E-state index < -0.39 is 0 Å². The number of hydrogen-bond donors (Lipinski definition) is 1. The van der Waals surface area contributed by atoms with Gasteiger partial charge in [0.2, 0.25) is 5.91 Å². The van der Waals surface area contributed by atoms with Crippen LogP contribution in [-0.2, 0) is 4.79 Å². The van der Waals surface area contributed by atoms with E-state index in [1.165, 1.54) is 0 Å². The molecule has 0 unspecified atom stereocenters. The molecule has 0 spiro atoms. The van der Waals surface area contributed by atoms with Gasteiger partial charge in [0, 0.05) is 32.7 Å². The van der Waals surface area contributed by atoms with Crippen molar-refractivity contribution in [2.45, 2.75) is 18.9 Å². The Morgan fingerprint density at radius 2 is 2.47 bits per heavy atom. The molecule has 2 N–H and O–H groups in total. The van der Waals surface area contributed by atoms with E-state index in [1.54, 1.807) is 11.9 Å². The van der Waals surface area contributed by atoms with Crippen molar-refractivity contribution < 1.29 is 4.79 Å². The zero-order chi connectivity index (χ0) is 11.3. The molecule has 15 heavy (non-hydrogen) atoms. The number of likely N-dealkylation sites (N-methyl/N-ethyl adjacent to an activating group) is 1. The van der Waals surface area contributed by atoms with Gasteiger partial charge in [0.25, 0.3) is 0 Å². The molecule has 0 bridgehead atoms. The van der Waals surface area contributed by atoms with Gasteiger partial charge >= 0.3 is 0 Å². The van der Waals surface area contributed by atoms with Crippen LogP contribution in [0.2, 0.25) is 0 Å². The Morgan fingerprint density at radius 1 is 1.73 bits per heavy atom. The monoisotopic (exact) mass is 210 g/mol. The first-order valence-electron chi connectivity index (χ1n) is 5.22. The summed E-state index contributed by atoms with van der Waals surface area (Å²) in [5, 5.41) is 8.40. The van der Waals surface area contributed by atoms with Crippen LogP contribution < -0.4 is 5.73 Å². The van der Waals surface area contributed by atoms with E-state index in [0.717, 1.165) is 19.5 Å². The molecule has 5 nitrogen and oxygen atoms in total. The molecule has 1 aliphatic heterocycles. The summed E-state index contributed by atoms with van der Waals surface area (Å²) < 4.78 is 0. The van der Waals surface area contributed by atoms with Gasteiger partial charge in [0.1, 0.15) is 0 Å². The van der Waals surface area contributed by atoms with Crippen LogP contribution in [0.3, 0.4) is 0 Å². The minimum atomic E-state index is 0.0688. The molecule has 1 amide bonds. The summed E-state index contributed by atoms with van der Waals surface area (Å²) in [4.78, 5) is 15.3. The molecule has 0 aromatic heterocycles. The third kappa shape index (κ3) is 3.86. The topological polar surface area (TPSA) is 73.4 Å². The number of nitrogens with two attached hydrogens (primary N) is 1. The smallest absolute Gasteiger partial charge is 0.236 e. The van der Waals surface area contributed by atoms with E-state index in [9.17, 15) is 4.79 Å². The van der Waals surface area contributed by atoms with E-state index in [4.69, 9.17) is 11.0 Å². The Morgan fingerprint density at radius 3 is 3.00 bits per heavy atom. The molecule has 0 aromatic rings. The van der Waals surface area contributed by atoms with Crippen LogP contribution in [0.15, 0.2) is 0 Å². The maximum atomic E-state index is 11.6. The largest absolute Gasteiger partial charge is 0.344 e. The number of hydrogen-bond acceptors (Lipinski definition) is 4. The van der Waals surface area contributed by atoms with E-state index in [0.29, 0.717) is 19.5 Å². The number of nitriles is 1. The maximum Gasteiger partial charge on any atom is 0.236 e. The molecule has 0 radical (unpaired) electrons. The fourth-order valence-corrected chi connectivity index (χ4v) is 1.66. The average Bonchev–Trinajstić information content (AvgIpc) is 2.60. The van der Waals surface area contributed by atoms with Crippen molar-refractivity contribution in [3.05, 3.63) is 0 Å². The molecule has 1 atom stereocenters. The second kappa shape index (κ2) is 5.69. The summed E-state index contributed by atoms with van der Waals surface area (Å²) in [6, 6.07) is 2.24. The number of rotatable bonds is 4. The van der Waals surface area contributed by atoms with Crippen molar-refractivity contribution in [3.63, 3.8) is 0 Å². The van der Waals surface area contributed by atoms with Crippen LogP contribution in [-0.4, -0.2) is 55.0 Å². The van der Waals surface area contributed by atoms with Crippen molar-refractivity contribution in [3.8, 4) is 6.07 Å². The first-order valence-corrected chi connectivity index (χ1v) is 5.22. The highest BCUT2D eigenvalue weighted by molar-refractivity contribution is 5.78. The quantitative estimate of drug-likeness (QED) is 0.672. The first-order chi connectivity index (χ1) is 7.13. The summed E-state index contributed by atoms with van der Waals surface area (Å²) in [5.74, 6) is 0.0688. The highest BCUT2D eigenvalue weighted by atomic mass is 16.2. The highest BCUT2D eigenvalue weighted by Gasteiger charge is 2.22. The van der Waals surface area contributed by atoms with Gasteiger partial charge in [0.15, 0.2) is 0 Å². The van der Waals surface area contributed by atoms with E-state index >= 15 is 0 Å². The van der Waals surface area contributed by atoms with Crippen LogP contribution in [0.5, 0.6) is 0 Å². The van der Waals surface area contributed by atoms with Crippen LogP contribution in [0, 0.1) is 11.3 Å². The number of carbonyl (C=O) groups is 1. The standard InChI is InChI=1S/C10H18N4O/c1-13(5-2-4-11)10(15)8-14-6-3-9(12)7-14/h9H,2-3,5-8,12H2,1H3/t9-/m1/s1. The molecule has 1 aliphatic rings. The summed E-state index contributed by atoms with van der Waals surface area (Å²) in [6.07, 6.45) is 1.36. The molecule has 0 aromatic carbocycles. The summed E-state index contributed by atoms with van der Waals surface area (Å²) in [7, 11) is 1.73. The van der Waals surface area contributed by atoms with Gasteiger partial charge in [-0.15, -0.1) is 0 Å². The van der Waals surface area contributed by atoms with Crippen LogP contribution >= 0.6 is 0 Å². The van der Waals surface area contributed by atoms with E-state index in [1.807, 2.05) is 6.07 Å². The van der Waals surface area contributed by atoms with Gasteiger partial charge < -0.3 is 10.6 Å². The lowest BCUT2D eigenvalue weighted by Gasteiger charge is -2.20. The lowest BCUT2D eigenvalue weighted by molar-refractivity contribution is -0.130. The van der Waals surface area contributed by atoms with E-state index in [2.05, 4.69) is 4.90 Å². The summed E-state index contributed by atoms with van der Waals surface area (Å²) >= 11 is 0. The number of carbonyl (C=O) groups excluding carboxylic acids is 1. The van der Waals surface area contributed by atoms with Crippen molar-refractivity contribution in [1.82, 2.24) is 9.80 Å². The van der Waals surface area contributed by atoms with Gasteiger partial charge in [0.05, 0.1) is 19.0 Å². The van der Waals surface area contributed by atoms with Crippen molar-refractivity contribution >= 4 is 5.91 Å². The fraction of sp³-hybridized carbons (Fsp3) is 0.800. The molecule has 1 heterocycles. The van der Waals surface area contributed by atoms with Crippen LogP contribution in [0.4, 0.5) is 0 Å². The average molecular weight is 210 g/mol. The van der Waals surface area contributed by atoms with Crippen molar-refractivity contribution in [1.29, 1.82) is 5.26 Å². The minimum absolute atomic E-state index is 0.0688. The highest BCUT2D eigenvalue weighted by Crippen LogP contribution is 2.06. The summed E-state index contributed by atoms with van der Waals surface area (Å²) in [5.41, 5.74) is 5.75. The Bertz CT molecular complexity index is 261. The van der Waals surface area contributed by atoms with Crippen molar-refractivity contribution in [2.75, 3.05) is 33.2 Å². The molecule has 5 heteroatoms. The maximum absolute atomic E-state index is 11.6. The second-order valence-corrected chi connectivity index (χ2v) is 4.01. The lowest BCUT2D eigenvalue weighted by atomic mass is 10.3. The molecular formula is C10H18N4O. The molecule has 1 rings (SSSR count). The second-order valence-electron chi connectivity index (χ2n) is 4.01. The third-order valence-corrected chi connectivity index (χ3v) is 2.65. The molecule has 84 valence electrons. The lowest BCUT2D eigenvalue weighted by Crippen LogP contribution is -2.38. The molecule has 0 aliphatic carbocycles. The number of amides is 1. The van der Waals surface area contributed by atoms with Gasteiger partial charge in [-0.2, -0.15) is 5.26 Å². The fourth-order valence-electron chi connectivity index (χ4n) is 1.66.